The highest BCUT2D eigenvalue weighted by molar-refractivity contribution is 5.41. The summed E-state index contributed by atoms with van der Waals surface area (Å²) in [7, 11) is 0. The van der Waals surface area contributed by atoms with Crippen LogP contribution in [0.25, 0.3) is 0 Å². The predicted octanol–water partition coefficient (Wildman–Crippen LogP) is 2.74. The van der Waals surface area contributed by atoms with Gasteiger partial charge in [0, 0.05) is 0 Å². The highest BCUT2D eigenvalue weighted by atomic mass is 14.4. The smallest absolute Gasteiger partial charge is 0.0564 e. The summed E-state index contributed by atoms with van der Waals surface area (Å²) < 4.78 is 0. The van der Waals surface area contributed by atoms with Gasteiger partial charge in [0.2, 0.25) is 0 Å². The lowest BCUT2D eigenvalue weighted by molar-refractivity contribution is 0.929. The third-order valence-corrected chi connectivity index (χ3v) is 2.44. The summed E-state index contributed by atoms with van der Waals surface area (Å²) in [6, 6.07) is 10.6. The molecule has 0 spiro atoms. The molecule has 1 saturated carbocycles. The second-order valence-corrected chi connectivity index (χ2v) is 3.32. The van der Waals surface area contributed by atoms with Gasteiger partial charge in [0.15, 0.2) is 0 Å². The van der Waals surface area contributed by atoms with Crippen LogP contribution in [0, 0.1) is 11.8 Å². The first-order chi connectivity index (χ1) is 5.87. The van der Waals surface area contributed by atoms with Gasteiger partial charge in [-0.1, -0.05) is 36.3 Å². The van der Waals surface area contributed by atoms with Crippen LogP contribution in [0.4, 0.5) is 0 Å². The van der Waals surface area contributed by atoms with Gasteiger partial charge >= 0.3 is 0 Å². The van der Waals surface area contributed by atoms with Crippen molar-refractivity contribution in [1.82, 2.24) is 0 Å². The molecule has 1 aliphatic carbocycles. The third-order valence-electron chi connectivity index (χ3n) is 2.44. The van der Waals surface area contributed by atoms with Crippen LogP contribution in [-0.4, -0.2) is 0 Å². The molecule has 0 aliphatic heterocycles. The minimum Gasteiger partial charge on any atom is -0.106 e. The normalized spacial score (nSPS) is 17.8. The topological polar surface area (TPSA) is 0 Å². The van der Waals surface area contributed by atoms with Gasteiger partial charge in [0.05, 0.1) is 5.41 Å². The van der Waals surface area contributed by atoms with Crippen molar-refractivity contribution in [3.05, 3.63) is 35.9 Å². The second kappa shape index (κ2) is 2.68. The van der Waals surface area contributed by atoms with Crippen LogP contribution >= 0.6 is 0 Å². The Kier molecular flexibility index (Phi) is 1.66. The summed E-state index contributed by atoms with van der Waals surface area (Å²) >= 11 is 0. The Morgan fingerprint density at radius 2 is 1.83 bits per heavy atom. The lowest BCUT2D eigenvalue weighted by Gasteiger charge is -2.06. The molecular formula is C12H12. The van der Waals surface area contributed by atoms with E-state index in [4.69, 9.17) is 0 Å². The zero-order valence-corrected chi connectivity index (χ0v) is 7.30. The Hall–Kier alpha value is -1.22. The van der Waals surface area contributed by atoms with Crippen molar-refractivity contribution in [2.75, 3.05) is 0 Å². The minimum atomic E-state index is 0.232. The summed E-state index contributed by atoms with van der Waals surface area (Å²) in [5.41, 5.74) is 1.62. The molecule has 0 aromatic heterocycles. The fraction of sp³-hybridized carbons (Fsp3) is 0.333. The van der Waals surface area contributed by atoms with Crippen molar-refractivity contribution in [3.63, 3.8) is 0 Å². The standard InChI is InChI=1S/C12H12/c1-2-8-12(9-10-12)11-6-4-3-5-7-11/h3-7H,9-10H2,1H3. The summed E-state index contributed by atoms with van der Waals surface area (Å²) in [5, 5.41) is 0. The maximum Gasteiger partial charge on any atom is 0.0564 e. The van der Waals surface area contributed by atoms with E-state index in [0.29, 0.717) is 0 Å². The zero-order valence-electron chi connectivity index (χ0n) is 7.30. The van der Waals surface area contributed by atoms with Crippen LogP contribution < -0.4 is 0 Å². The highest BCUT2D eigenvalue weighted by Gasteiger charge is 2.42. The van der Waals surface area contributed by atoms with Gasteiger partial charge in [-0.3, -0.25) is 0 Å². The molecule has 0 heteroatoms. The van der Waals surface area contributed by atoms with Crippen molar-refractivity contribution >= 4 is 0 Å². The van der Waals surface area contributed by atoms with Gasteiger partial charge in [-0.15, -0.1) is 5.92 Å². The average Bonchev–Trinajstić information content (AvgIpc) is 2.88. The van der Waals surface area contributed by atoms with Crippen molar-refractivity contribution < 1.29 is 0 Å². The molecule has 12 heavy (non-hydrogen) atoms. The van der Waals surface area contributed by atoms with E-state index in [1.807, 2.05) is 6.92 Å². The molecule has 0 nitrogen and oxygen atoms in total. The Morgan fingerprint density at radius 3 is 2.33 bits per heavy atom. The first kappa shape index (κ1) is 7.43. The molecule has 0 atom stereocenters. The quantitative estimate of drug-likeness (QED) is 0.548. The Balaban J connectivity index is 2.35. The van der Waals surface area contributed by atoms with Gasteiger partial charge in [0.1, 0.15) is 0 Å². The van der Waals surface area contributed by atoms with Gasteiger partial charge in [-0.05, 0) is 25.3 Å². The van der Waals surface area contributed by atoms with Crippen LogP contribution in [-0.2, 0) is 5.41 Å². The number of rotatable bonds is 1. The molecule has 1 aromatic rings. The Morgan fingerprint density at radius 1 is 1.17 bits per heavy atom. The van der Waals surface area contributed by atoms with Crippen LogP contribution in [0.2, 0.25) is 0 Å². The van der Waals surface area contributed by atoms with Gasteiger partial charge in [0.25, 0.3) is 0 Å². The summed E-state index contributed by atoms with van der Waals surface area (Å²) in [4.78, 5) is 0. The zero-order chi connectivity index (χ0) is 8.44. The van der Waals surface area contributed by atoms with Gasteiger partial charge < -0.3 is 0 Å². The molecule has 1 aromatic carbocycles. The fourth-order valence-electron chi connectivity index (χ4n) is 1.61. The number of hydrogen-bond acceptors (Lipinski definition) is 0. The van der Waals surface area contributed by atoms with E-state index in [2.05, 4.69) is 42.2 Å². The molecule has 0 amide bonds. The molecule has 0 heterocycles. The molecule has 2 rings (SSSR count). The molecule has 0 unspecified atom stereocenters. The predicted molar refractivity (Wildman–Crippen MR) is 50.8 cm³/mol. The Labute approximate surface area is 73.6 Å². The first-order valence-electron chi connectivity index (χ1n) is 4.37. The number of benzene rings is 1. The van der Waals surface area contributed by atoms with Gasteiger partial charge in [-0.2, -0.15) is 0 Å². The van der Waals surface area contributed by atoms with Crippen LogP contribution in [0.1, 0.15) is 25.3 Å². The molecule has 0 saturated heterocycles. The van der Waals surface area contributed by atoms with E-state index in [9.17, 15) is 0 Å². The molecule has 0 bridgehead atoms. The minimum absolute atomic E-state index is 0.232. The van der Waals surface area contributed by atoms with E-state index >= 15 is 0 Å². The molecular weight excluding hydrogens is 144 g/mol. The maximum atomic E-state index is 3.30. The third kappa shape index (κ3) is 1.12. The molecule has 0 N–H and O–H groups in total. The molecule has 1 aliphatic rings. The monoisotopic (exact) mass is 156 g/mol. The fourth-order valence-corrected chi connectivity index (χ4v) is 1.61. The summed E-state index contributed by atoms with van der Waals surface area (Å²) in [6.07, 6.45) is 2.47. The molecule has 1 fully saturated rings. The lowest BCUT2D eigenvalue weighted by atomic mass is 9.97. The second-order valence-electron chi connectivity index (χ2n) is 3.32. The van der Waals surface area contributed by atoms with Crippen LogP contribution in [0.15, 0.2) is 30.3 Å². The highest BCUT2D eigenvalue weighted by Crippen LogP contribution is 2.47. The first-order valence-corrected chi connectivity index (χ1v) is 4.37. The van der Waals surface area contributed by atoms with Crippen molar-refractivity contribution in [1.29, 1.82) is 0 Å². The lowest BCUT2D eigenvalue weighted by Crippen LogP contribution is -2.01. The Bertz CT molecular complexity index is 320. The van der Waals surface area contributed by atoms with Crippen LogP contribution in [0.3, 0.4) is 0 Å². The van der Waals surface area contributed by atoms with E-state index < -0.39 is 0 Å². The number of hydrogen-bond donors (Lipinski definition) is 0. The molecule has 0 radical (unpaired) electrons. The van der Waals surface area contributed by atoms with E-state index in [1.165, 1.54) is 18.4 Å². The van der Waals surface area contributed by atoms with E-state index in [-0.39, 0.29) is 5.41 Å². The van der Waals surface area contributed by atoms with E-state index in [0.717, 1.165) is 0 Å². The van der Waals surface area contributed by atoms with Crippen LogP contribution in [0.5, 0.6) is 0 Å². The van der Waals surface area contributed by atoms with Crippen molar-refractivity contribution in [2.24, 2.45) is 0 Å². The summed E-state index contributed by atoms with van der Waals surface area (Å²) in [5.74, 6) is 6.32. The summed E-state index contributed by atoms with van der Waals surface area (Å²) in [6.45, 7) is 1.92. The average molecular weight is 156 g/mol. The largest absolute Gasteiger partial charge is 0.106 e. The van der Waals surface area contributed by atoms with Gasteiger partial charge in [-0.25, -0.2) is 0 Å². The maximum absolute atomic E-state index is 3.30. The van der Waals surface area contributed by atoms with Crippen molar-refractivity contribution in [3.8, 4) is 11.8 Å². The van der Waals surface area contributed by atoms with Crippen molar-refractivity contribution in [2.45, 2.75) is 25.2 Å². The molecule has 60 valence electrons. The SMILES string of the molecule is CC#CC1(c2ccccc2)CC1. The van der Waals surface area contributed by atoms with E-state index in [1.54, 1.807) is 0 Å².